The highest BCUT2D eigenvalue weighted by atomic mass is 32.1. The van der Waals surface area contributed by atoms with E-state index >= 15 is 0 Å². The molecule has 0 spiro atoms. The van der Waals surface area contributed by atoms with Crippen molar-refractivity contribution in [3.63, 3.8) is 0 Å². The molecule has 2 atom stereocenters. The van der Waals surface area contributed by atoms with E-state index in [2.05, 4.69) is 27.7 Å². The second-order valence-electron chi connectivity index (χ2n) is 20.5. The molecule has 2 N–H and O–H groups in total. The Morgan fingerprint density at radius 2 is 0.545 bits per heavy atom. The average Bonchev–Trinajstić information content (AvgIpc) is 4.05. The minimum Gasteiger partial charge on any atom is -0.477 e. The highest BCUT2D eigenvalue weighted by Crippen LogP contribution is 2.53. The van der Waals surface area contributed by atoms with Gasteiger partial charge in [-0.3, -0.25) is 0 Å². The van der Waals surface area contributed by atoms with Crippen LogP contribution in [-0.2, 0) is 12.8 Å². The lowest BCUT2D eigenvalue weighted by Crippen LogP contribution is -2.03. The first kappa shape index (κ1) is 57.1. The number of aromatic carboxylic acids is 2. The minimum absolute atomic E-state index is 0.520. The molecule has 4 rings (SSSR count). The fourth-order valence-electron chi connectivity index (χ4n) is 10.7. The van der Waals surface area contributed by atoms with Crippen LogP contribution in [0.2, 0.25) is 0 Å². The topological polar surface area (TPSA) is 74.6 Å². The molecular weight excluding hydrogens is 889 g/mol. The van der Waals surface area contributed by atoms with E-state index in [9.17, 15) is 19.8 Å². The van der Waals surface area contributed by atoms with Gasteiger partial charge in [0.25, 0.3) is 0 Å². The van der Waals surface area contributed by atoms with Crippen LogP contribution in [0.1, 0.15) is 302 Å². The molecule has 0 fully saturated rings. The first-order valence-electron chi connectivity index (χ1n) is 28.2. The largest absolute Gasteiger partial charge is 0.477 e. The molecule has 66 heavy (non-hydrogen) atoms. The van der Waals surface area contributed by atoms with Crippen LogP contribution in [0.3, 0.4) is 0 Å². The number of hydrogen-bond acceptors (Lipinski definition) is 6. The highest BCUT2D eigenvalue weighted by Gasteiger charge is 2.27. The molecule has 4 aromatic heterocycles. The summed E-state index contributed by atoms with van der Waals surface area (Å²) in [4.78, 5) is 26.5. The number of unbranched alkanes of at least 4 members (excludes halogenated alkanes) is 26. The van der Waals surface area contributed by atoms with E-state index in [1.807, 2.05) is 0 Å². The van der Waals surface area contributed by atoms with E-state index in [0.717, 1.165) is 80.3 Å². The number of carbonyl (C=O) groups is 2. The van der Waals surface area contributed by atoms with Gasteiger partial charge in [-0.25, -0.2) is 9.59 Å². The van der Waals surface area contributed by atoms with Crippen LogP contribution in [0.5, 0.6) is 0 Å². The van der Waals surface area contributed by atoms with Crippen LogP contribution in [0.25, 0.3) is 28.2 Å². The second-order valence-corrected chi connectivity index (χ2v) is 24.6. The summed E-state index contributed by atoms with van der Waals surface area (Å²) < 4.78 is 6.88. The molecular formula is C58H96O4S4. The van der Waals surface area contributed by atoms with Crippen LogP contribution < -0.4 is 0 Å². The van der Waals surface area contributed by atoms with Crippen molar-refractivity contribution < 1.29 is 19.8 Å². The van der Waals surface area contributed by atoms with Crippen LogP contribution in [0, 0.1) is 11.8 Å². The summed E-state index contributed by atoms with van der Waals surface area (Å²) in [5.41, 5.74) is 2.05. The Bertz CT molecular complexity index is 1740. The van der Waals surface area contributed by atoms with E-state index in [0.29, 0.717) is 9.75 Å². The molecule has 0 aliphatic heterocycles. The van der Waals surface area contributed by atoms with Gasteiger partial charge in [0.05, 0.1) is 28.2 Å². The summed E-state index contributed by atoms with van der Waals surface area (Å²) in [6.45, 7) is 9.17. The van der Waals surface area contributed by atoms with Gasteiger partial charge in [0, 0.05) is 0 Å². The lowest BCUT2D eigenvalue weighted by molar-refractivity contribution is 0.0690. The molecule has 0 bridgehead atoms. The maximum Gasteiger partial charge on any atom is 0.346 e. The Balaban J connectivity index is 1.38. The van der Waals surface area contributed by atoms with Crippen LogP contribution in [0.15, 0.2) is 0 Å². The predicted octanol–water partition coefficient (Wildman–Crippen LogP) is 22.0. The predicted molar refractivity (Wildman–Crippen MR) is 297 cm³/mol. The molecule has 4 heterocycles. The van der Waals surface area contributed by atoms with E-state index in [4.69, 9.17) is 0 Å². The smallest absolute Gasteiger partial charge is 0.346 e. The van der Waals surface area contributed by atoms with Crippen molar-refractivity contribution in [1.82, 2.24) is 0 Å². The Kier molecular flexibility index (Phi) is 30.1. The first-order valence-corrected chi connectivity index (χ1v) is 31.5. The molecule has 0 aliphatic rings. The summed E-state index contributed by atoms with van der Waals surface area (Å²) >= 11 is 6.41. The zero-order chi connectivity index (χ0) is 47.2. The third-order valence-corrected chi connectivity index (χ3v) is 20.4. The van der Waals surface area contributed by atoms with Gasteiger partial charge in [0.1, 0.15) is 9.75 Å². The van der Waals surface area contributed by atoms with E-state index in [-0.39, 0.29) is 0 Å². The van der Waals surface area contributed by atoms with Crippen LogP contribution in [-0.4, -0.2) is 22.2 Å². The van der Waals surface area contributed by atoms with E-state index in [1.165, 1.54) is 250 Å². The van der Waals surface area contributed by atoms with Gasteiger partial charge in [-0.2, -0.15) is 0 Å². The van der Waals surface area contributed by atoms with Gasteiger partial charge in [-0.15, -0.1) is 45.3 Å². The third-order valence-electron chi connectivity index (χ3n) is 14.8. The van der Waals surface area contributed by atoms with Crippen LogP contribution in [0.4, 0.5) is 0 Å². The van der Waals surface area contributed by atoms with Crippen molar-refractivity contribution in [2.24, 2.45) is 11.8 Å². The number of aryl methyl sites for hydroxylation is 2. The molecule has 0 saturated carbocycles. The van der Waals surface area contributed by atoms with Crippen molar-refractivity contribution in [2.75, 3.05) is 0 Å². The minimum atomic E-state index is -0.799. The number of fused-ring (bicyclic) bond motifs is 5. The normalized spacial score (nSPS) is 13.0. The number of hydrogen-bond donors (Lipinski definition) is 2. The van der Waals surface area contributed by atoms with Gasteiger partial charge in [-0.05, 0) is 48.6 Å². The Morgan fingerprint density at radius 1 is 0.318 bits per heavy atom. The molecule has 0 radical (unpaired) electrons. The SMILES string of the molecule is CCCCCCCCCCC(CCCCCCCC)CCCCc1c(C(=O)O)sc2c1sc1c3sc(C(=O)O)c(CCCCC(CCCCCCCC)CCCCCCCCCC)c3sc21. The summed E-state index contributed by atoms with van der Waals surface area (Å²) in [7, 11) is 0. The zero-order valence-electron chi connectivity index (χ0n) is 42.8. The number of rotatable bonds is 44. The maximum absolute atomic E-state index is 12.7. The summed E-state index contributed by atoms with van der Waals surface area (Å²) in [5, 5.41) is 20.9. The molecule has 376 valence electrons. The lowest BCUT2D eigenvalue weighted by Gasteiger charge is -2.17. The van der Waals surface area contributed by atoms with Crippen molar-refractivity contribution in [2.45, 2.75) is 285 Å². The fraction of sp³-hybridized carbons (Fsp3) is 0.793. The van der Waals surface area contributed by atoms with Crippen molar-refractivity contribution in [1.29, 1.82) is 0 Å². The Labute approximate surface area is 419 Å². The summed E-state index contributed by atoms with van der Waals surface area (Å²) in [5.74, 6) is -0.0141. The maximum atomic E-state index is 12.7. The van der Waals surface area contributed by atoms with Gasteiger partial charge in [0.2, 0.25) is 0 Å². The highest BCUT2D eigenvalue weighted by molar-refractivity contribution is 7.45. The molecule has 8 heteroatoms. The Hall–Kier alpha value is -1.48. The fourth-order valence-corrected chi connectivity index (χ4v) is 16.6. The molecule has 4 nitrogen and oxygen atoms in total. The monoisotopic (exact) mass is 985 g/mol. The number of carboxylic acid groups (broad SMARTS) is 2. The molecule has 0 saturated heterocycles. The lowest BCUT2D eigenvalue weighted by atomic mass is 9.89. The zero-order valence-corrected chi connectivity index (χ0v) is 46.0. The van der Waals surface area contributed by atoms with Gasteiger partial charge < -0.3 is 10.2 Å². The summed E-state index contributed by atoms with van der Waals surface area (Å²) in [6.07, 6.45) is 52.2. The third kappa shape index (κ3) is 20.1. The van der Waals surface area contributed by atoms with Crippen molar-refractivity contribution >= 4 is 85.5 Å². The Morgan fingerprint density at radius 3 is 0.803 bits per heavy atom. The number of carboxylic acids is 2. The van der Waals surface area contributed by atoms with E-state index in [1.54, 1.807) is 22.7 Å². The number of thiophene rings is 4. The van der Waals surface area contributed by atoms with Gasteiger partial charge >= 0.3 is 11.9 Å². The molecule has 0 aromatic carbocycles. The quantitative estimate of drug-likeness (QED) is 0.0433. The van der Waals surface area contributed by atoms with E-state index < -0.39 is 11.9 Å². The molecule has 2 unspecified atom stereocenters. The summed E-state index contributed by atoms with van der Waals surface area (Å²) in [6, 6.07) is 0. The average molecular weight is 986 g/mol. The van der Waals surface area contributed by atoms with Crippen LogP contribution >= 0.6 is 45.3 Å². The molecule has 4 aromatic rings. The standard InChI is InChI=1S/C58H96O4S4/c1-5-9-13-17-21-23-27-31-39-45(37-29-25-19-15-11-7-3)41-33-35-43-47-49-53(65-51(47)57(59)60)55-56(63-49)54-50(64-55)48(52(66-54)58(61)62)44-36-34-42-46(38-30-26-20-16-12-8-4)40-32-28-24-22-18-14-10-6-2/h45-46H,5-44H2,1-4H3,(H,59,60)(H,61,62). The second kappa shape index (κ2) is 34.8. The first-order chi connectivity index (χ1) is 32.3. The van der Waals surface area contributed by atoms with Crippen molar-refractivity contribution in [3.05, 3.63) is 20.9 Å². The van der Waals surface area contributed by atoms with Gasteiger partial charge in [0.15, 0.2) is 0 Å². The van der Waals surface area contributed by atoms with Gasteiger partial charge in [-0.1, -0.05) is 259 Å². The molecule has 0 aliphatic carbocycles. The van der Waals surface area contributed by atoms with Crippen molar-refractivity contribution in [3.8, 4) is 0 Å². The molecule has 0 amide bonds.